The van der Waals surface area contributed by atoms with Gasteiger partial charge < -0.3 is 10.1 Å². The average molecular weight is 621 g/mol. The summed E-state index contributed by atoms with van der Waals surface area (Å²) in [5.74, 6) is -2.04. The van der Waals surface area contributed by atoms with Crippen LogP contribution in [0, 0.1) is 0 Å². The van der Waals surface area contributed by atoms with Crippen LogP contribution < -0.4 is 19.9 Å². The fraction of sp³-hybridized carbons (Fsp3) is 0.0323. The summed E-state index contributed by atoms with van der Waals surface area (Å²) < 4.78 is 5.56. The van der Waals surface area contributed by atoms with Crippen LogP contribution in [0.5, 0.6) is 5.75 Å². The number of hydrogen-bond acceptors (Lipinski definition) is 5. The molecule has 5 rings (SSSR count). The minimum absolute atomic E-state index is 0.0417. The van der Waals surface area contributed by atoms with E-state index in [4.69, 9.17) is 39.5 Å². The number of amides is 5. The van der Waals surface area contributed by atoms with Crippen LogP contribution in [-0.4, -0.2) is 30.4 Å². The summed E-state index contributed by atoms with van der Waals surface area (Å²) in [6.07, 6.45) is 1.30. The lowest BCUT2D eigenvalue weighted by molar-refractivity contribution is -0.121. The summed E-state index contributed by atoms with van der Waals surface area (Å²) >= 11 is 18.7. The molecular formula is C31H20Cl3N3O5. The second-order valence-corrected chi connectivity index (χ2v) is 10.2. The summed E-state index contributed by atoms with van der Waals surface area (Å²) in [4.78, 5) is 54.8. The van der Waals surface area contributed by atoms with E-state index in [2.05, 4.69) is 5.32 Å². The van der Waals surface area contributed by atoms with Crippen molar-refractivity contribution in [1.29, 1.82) is 0 Å². The number of halogens is 3. The number of carbonyl (C=O) groups is 4. The van der Waals surface area contributed by atoms with Crippen LogP contribution in [-0.2, 0) is 14.4 Å². The molecule has 0 radical (unpaired) electrons. The minimum Gasteiger partial charge on any atom is -0.481 e. The van der Waals surface area contributed by atoms with Gasteiger partial charge in [0.15, 0.2) is 12.4 Å². The maximum atomic E-state index is 13.6. The quantitative estimate of drug-likeness (QED) is 0.173. The highest BCUT2D eigenvalue weighted by atomic mass is 35.5. The molecule has 0 atom stereocenters. The lowest BCUT2D eigenvalue weighted by Gasteiger charge is -2.33. The maximum absolute atomic E-state index is 13.6. The number of carbonyl (C=O) groups excluding carboxylic acids is 4. The van der Waals surface area contributed by atoms with Gasteiger partial charge in [0.1, 0.15) is 5.57 Å². The first kappa shape index (κ1) is 28.9. The van der Waals surface area contributed by atoms with Crippen LogP contribution in [0.3, 0.4) is 0 Å². The Morgan fingerprint density at radius 2 is 1.24 bits per heavy atom. The van der Waals surface area contributed by atoms with Crippen LogP contribution in [0.1, 0.15) is 5.56 Å². The first-order valence-corrected chi connectivity index (χ1v) is 13.6. The van der Waals surface area contributed by atoms with Crippen molar-refractivity contribution in [1.82, 2.24) is 0 Å². The molecule has 1 aliphatic rings. The number of ether oxygens (including phenoxy) is 1. The van der Waals surface area contributed by atoms with Crippen LogP contribution in [0.25, 0.3) is 6.08 Å². The molecule has 1 saturated heterocycles. The van der Waals surface area contributed by atoms with E-state index < -0.39 is 23.8 Å². The molecule has 5 amide bonds. The number of imide groups is 2. The Kier molecular flexibility index (Phi) is 8.59. The van der Waals surface area contributed by atoms with Gasteiger partial charge in [0.25, 0.3) is 17.7 Å². The normalized spacial score (nSPS) is 13.3. The second-order valence-electron chi connectivity index (χ2n) is 8.95. The molecular weight excluding hydrogens is 601 g/mol. The highest BCUT2D eigenvalue weighted by molar-refractivity contribution is 6.46. The summed E-state index contributed by atoms with van der Waals surface area (Å²) in [5.41, 5.74) is 1.13. The number of benzene rings is 4. The highest BCUT2D eigenvalue weighted by Crippen LogP contribution is 2.36. The molecule has 0 aromatic heterocycles. The van der Waals surface area contributed by atoms with Gasteiger partial charge in [-0.25, -0.2) is 14.6 Å². The van der Waals surface area contributed by atoms with E-state index >= 15 is 0 Å². The molecule has 0 saturated carbocycles. The number of nitrogens with zero attached hydrogens (tertiary/aromatic N) is 2. The van der Waals surface area contributed by atoms with Gasteiger partial charge in [0.05, 0.1) is 21.4 Å². The number of para-hydroxylation sites is 2. The molecule has 0 aliphatic carbocycles. The third-order valence-electron chi connectivity index (χ3n) is 6.09. The van der Waals surface area contributed by atoms with Crippen molar-refractivity contribution in [3.63, 3.8) is 0 Å². The first-order valence-electron chi connectivity index (χ1n) is 12.4. The van der Waals surface area contributed by atoms with Crippen molar-refractivity contribution < 1.29 is 23.9 Å². The summed E-state index contributed by atoms with van der Waals surface area (Å²) in [7, 11) is 0. The van der Waals surface area contributed by atoms with E-state index in [1.54, 1.807) is 84.9 Å². The third-order valence-corrected chi connectivity index (χ3v) is 6.90. The number of urea groups is 1. The molecule has 4 aromatic carbocycles. The largest absolute Gasteiger partial charge is 0.481 e. The average Bonchev–Trinajstić information content (AvgIpc) is 2.97. The van der Waals surface area contributed by atoms with Crippen molar-refractivity contribution in [3.8, 4) is 5.75 Å². The topological polar surface area (TPSA) is 96.0 Å². The Bertz CT molecular complexity index is 1620. The third kappa shape index (κ3) is 6.16. The van der Waals surface area contributed by atoms with Crippen molar-refractivity contribution in [2.24, 2.45) is 0 Å². The first-order chi connectivity index (χ1) is 20.2. The number of hydrogen-bond donors (Lipinski definition) is 1. The maximum Gasteiger partial charge on any atom is 0.343 e. The molecule has 11 heteroatoms. The van der Waals surface area contributed by atoms with Crippen LogP contribution in [0.2, 0.25) is 15.1 Å². The van der Waals surface area contributed by atoms with Gasteiger partial charge in [-0.2, -0.15) is 0 Å². The van der Waals surface area contributed by atoms with E-state index in [9.17, 15) is 19.2 Å². The molecule has 1 fully saturated rings. The minimum atomic E-state index is -0.810. The smallest absolute Gasteiger partial charge is 0.343 e. The Labute approximate surface area is 255 Å². The van der Waals surface area contributed by atoms with Crippen molar-refractivity contribution in [2.45, 2.75) is 0 Å². The van der Waals surface area contributed by atoms with Gasteiger partial charge in [-0.1, -0.05) is 71.2 Å². The predicted molar refractivity (Wildman–Crippen MR) is 163 cm³/mol. The van der Waals surface area contributed by atoms with Gasteiger partial charge in [0.2, 0.25) is 0 Å². The fourth-order valence-electron chi connectivity index (χ4n) is 4.17. The molecule has 42 heavy (non-hydrogen) atoms. The van der Waals surface area contributed by atoms with Crippen molar-refractivity contribution in [2.75, 3.05) is 21.7 Å². The van der Waals surface area contributed by atoms with Gasteiger partial charge in [-0.05, 0) is 72.3 Å². The summed E-state index contributed by atoms with van der Waals surface area (Å²) in [6.45, 7) is -0.389. The lowest BCUT2D eigenvalue weighted by atomic mass is 10.0. The van der Waals surface area contributed by atoms with E-state index in [0.717, 1.165) is 9.80 Å². The molecule has 8 nitrogen and oxygen atoms in total. The van der Waals surface area contributed by atoms with E-state index in [-0.39, 0.29) is 28.0 Å². The van der Waals surface area contributed by atoms with Gasteiger partial charge >= 0.3 is 6.03 Å². The number of rotatable bonds is 7. The molecule has 210 valence electrons. The lowest BCUT2D eigenvalue weighted by Crippen LogP contribution is -2.57. The highest BCUT2D eigenvalue weighted by Gasteiger charge is 2.43. The fourth-order valence-corrected chi connectivity index (χ4v) is 4.91. The number of barbiturate groups is 1. The van der Waals surface area contributed by atoms with Crippen LogP contribution in [0.4, 0.5) is 21.9 Å². The second kappa shape index (κ2) is 12.5. The van der Waals surface area contributed by atoms with E-state index in [1.165, 1.54) is 18.2 Å². The van der Waals surface area contributed by atoms with E-state index in [1.807, 2.05) is 0 Å². The molecule has 1 aliphatic heterocycles. The van der Waals surface area contributed by atoms with E-state index in [0.29, 0.717) is 27.6 Å². The zero-order chi connectivity index (χ0) is 29.8. The van der Waals surface area contributed by atoms with Gasteiger partial charge in [-0.15, -0.1) is 0 Å². The number of nitrogens with one attached hydrogen (secondary N) is 1. The van der Waals surface area contributed by atoms with Crippen molar-refractivity contribution >= 4 is 81.7 Å². The Morgan fingerprint density at radius 3 is 1.74 bits per heavy atom. The SMILES string of the molecule is O=C(COc1c(Cl)cc(C=C2C(=O)N(c3ccccc3)C(=O)N(c3ccccc3)C2=O)cc1Cl)Nc1ccc(Cl)cc1. The van der Waals surface area contributed by atoms with Gasteiger partial charge in [-0.3, -0.25) is 14.4 Å². The van der Waals surface area contributed by atoms with Crippen molar-refractivity contribution in [3.05, 3.63) is 123 Å². The molecule has 4 aromatic rings. The predicted octanol–water partition coefficient (Wildman–Crippen LogP) is 7.25. The molecule has 1 heterocycles. The van der Waals surface area contributed by atoms with Crippen LogP contribution >= 0.6 is 34.8 Å². The zero-order valence-electron chi connectivity index (χ0n) is 21.6. The van der Waals surface area contributed by atoms with Crippen LogP contribution in [0.15, 0.2) is 103 Å². The summed E-state index contributed by atoms with van der Waals surface area (Å²) in [5, 5.41) is 3.28. The van der Waals surface area contributed by atoms with Gasteiger partial charge in [0, 0.05) is 10.7 Å². The monoisotopic (exact) mass is 619 g/mol. The Morgan fingerprint density at radius 1 is 0.738 bits per heavy atom. The summed E-state index contributed by atoms with van der Waals surface area (Å²) in [6, 6.07) is 25.2. The standard InChI is InChI=1S/C31H20Cl3N3O5/c32-20-11-13-21(14-12-20)35-27(38)18-42-28-25(33)16-19(17-26(28)34)15-24-29(39)36(22-7-3-1-4-8-22)31(41)37(30(24)40)23-9-5-2-6-10-23/h1-17H,18H2,(H,35,38). The Hall–Kier alpha value is -4.63. The number of anilines is 3. The molecule has 0 unspecified atom stereocenters. The zero-order valence-corrected chi connectivity index (χ0v) is 23.9. The molecule has 0 bridgehead atoms. The molecule has 0 spiro atoms. The Balaban J connectivity index is 1.43. The molecule has 1 N–H and O–H groups in total.